The zero-order chi connectivity index (χ0) is 32.5. The van der Waals surface area contributed by atoms with E-state index in [4.69, 9.17) is 5.11 Å². The van der Waals surface area contributed by atoms with Crippen molar-refractivity contribution in [2.24, 2.45) is 0 Å². The third-order valence-corrected chi connectivity index (χ3v) is 5.61. The molecule has 1 heterocycles. The molecule has 24 heteroatoms. The van der Waals surface area contributed by atoms with E-state index in [-0.39, 0.29) is 0 Å². The summed E-state index contributed by atoms with van der Waals surface area (Å²) in [6, 6.07) is 0. The fraction of sp³-hybridized carbons (Fsp3) is 0.938. The summed E-state index contributed by atoms with van der Waals surface area (Å²) >= 11 is 0. The second kappa shape index (κ2) is 9.83. The number of halogens is 17. The van der Waals surface area contributed by atoms with Crippen LogP contribution in [0.25, 0.3) is 0 Å². The average molecular weight is 640 g/mol. The molecular weight excluding hydrogens is 627 g/mol. The van der Waals surface area contributed by atoms with Gasteiger partial charge in [0, 0.05) is 12.8 Å². The Bertz CT molecular complexity index is 953. The first-order chi connectivity index (χ1) is 17.2. The zero-order valence-electron chi connectivity index (χ0n) is 18.2. The highest BCUT2D eigenvalue weighted by Gasteiger charge is 2.95. The van der Waals surface area contributed by atoms with Crippen molar-refractivity contribution in [1.29, 1.82) is 0 Å². The first-order valence-corrected chi connectivity index (χ1v) is 9.61. The van der Waals surface area contributed by atoms with Crippen LogP contribution >= 0.6 is 0 Å². The van der Waals surface area contributed by atoms with Crippen molar-refractivity contribution < 1.29 is 110 Å². The topological polar surface area (TPSA) is 127 Å². The summed E-state index contributed by atoms with van der Waals surface area (Å²) in [4.78, 5) is 10.7. The molecule has 5 N–H and O–H groups in total. The van der Waals surface area contributed by atoms with Gasteiger partial charge in [-0.3, -0.25) is 0 Å². The van der Waals surface area contributed by atoms with Gasteiger partial charge in [-0.15, -0.1) is 0 Å². The van der Waals surface area contributed by atoms with Crippen LogP contribution in [0.1, 0.15) is 12.8 Å². The van der Waals surface area contributed by atoms with Gasteiger partial charge >= 0.3 is 53.6 Å². The fourth-order valence-corrected chi connectivity index (χ4v) is 3.11. The molecule has 5 atom stereocenters. The summed E-state index contributed by atoms with van der Waals surface area (Å²) in [5, 5.41) is 46.8. The zero-order valence-corrected chi connectivity index (χ0v) is 18.2. The van der Waals surface area contributed by atoms with Crippen molar-refractivity contribution >= 4 is 5.97 Å². The number of carboxylic acids is 1. The first kappa shape index (κ1) is 36.1. The number of carboxylic acid groups (broad SMARTS) is 1. The van der Waals surface area contributed by atoms with Gasteiger partial charge in [0.1, 0.15) is 18.3 Å². The molecule has 0 aromatic carbocycles. The smallest absolute Gasteiger partial charge is 0.460 e. The van der Waals surface area contributed by atoms with Crippen LogP contribution in [-0.2, 0) is 9.53 Å². The van der Waals surface area contributed by atoms with Crippen LogP contribution < -0.4 is 0 Å². The Balaban J connectivity index is 3.44. The van der Waals surface area contributed by atoms with E-state index in [1.165, 1.54) is 0 Å². The van der Waals surface area contributed by atoms with Gasteiger partial charge in [-0.25, -0.2) is 4.79 Å². The fourth-order valence-electron chi connectivity index (χ4n) is 3.11. The quantitative estimate of drug-likeness (QED) is 0.220. The number of hydrogen-bond acceptors (Lipinski definition) is 6. The minimum atomic E-state index is -8.82. The highest BCUT2D eigenvalue weighted by molar-refractivity contribution is 5.73. The molecule has 238 valence electrons. The summed E-state index contributed by atoms with van der Waals surface area (Å²) in [6.45, 7) is 0. The summed E-state index contributed by atoms with van der Waals surface area (Å²) in [5.41, 5.74) is 0. The third kappa shape index (κ3) is 4.91. The number of alkyl halides is 17. The molecule has 0 aliphatic carbocycles. The van der Waals surface area contributed by atoms with Gasteiger partial charge in [0.25, 0.3) is 0 Å². The number of hydrogen-bond donors (Lipinski definition) is 5. The molecule has 1 fully saturated rings. The van der Waals surface area contributed by atoms with Gasteiger partial charge in [-0.2, -0.15) is 74.6 Å². The van der Waals surface area contributed by atoms with Crippen LogP contribution in [0.2, 0.25) is 0 Å². The minimum Gasteiger partial charge on any atom is -0.479 e. The molecule has 1 saturated heterocycles. The van der Waals surface area contributed by atoms with E-state index in [1.807, 2.05) is 0 Å². The Labute approximate surface area is 207 Å². The molecule has 7 nitrogen and oxygen atoms in total. The van der Waals surface area contributed by atoms with E-state index in [1.54, 1.807) is 0 Å². The van der Waals surface area contributed by atoms with Crippen LogP contribution in [0.4, 0.5) is 74.6 Å². The molecule has 0 radical (unpaired) electrons. The number of carbonyl (C=O) groups is 1. The van der Waals surface area contributed by atoms with Gasteiger partial charge in [0.15, 0.2) is 11.9 Å². The predicted octanol–water partition coefficient (Wildman–Crippen LogP) is 3.03. The molecule has 0 aromatic rings. The molecule has 40 heavy (non-hydrogen) atoms. The van der Waals surface area contributed by atoms with E-state index in [2.05, 4.69) is 4.74 Å². The lowest BCUT2D eigenvalue weighted by molar-refractivity contribution is -0.462. The van der Waals surface area contributed by atoms with Crippen LogP contribution in [0.3, 0.4) is 0 Å². The Morgan fingerprint density at radius 3 is 1.40 bits per heavy atom. The lowest BCUT2D eigenvalue weighted by Crippen LogP contribution is -2.74. The number of rotatable bonds is 11. The van der Waals surface area contributed by atoms with Gasteiger partial charge in [0.05, 0.1) is 0 Å². The van der Waals surface area contributed by atoms with Gasteiger partial charge in [-0.1, -0.05) is 0 Å². The number of aliphatic hydroxyl groups excluding tert-OH is 3. The van der Waals surface area contributed by atoms with Crippen LogP contribution in [0, 0.1) is 0 Å². The monoisotopic (exact) mass is 640 g/mol. The average Bonchev–Trinajstić information content (AvgIpc) is 3.00. The van der Waals surface area contributed by atoms with Gasteiger partial charge in [-0.05, 0) is 0 Å². The SMILES string of the molecule is O=C(O)[C@@H](O)[C@H]1O[C@](O)(CCC(F)(F)C(F)(F)C(F)(F)C(F)(F)C(F)(F)C(F)(F)C(F)(F)C(F)(F)F)[C@H](O)[C@H]1O. The second-order valence-corrected chi connectivity index (χ2v) is 8.29. The van der Waals surface area contributed by atoms with E-state index in [0.29, 0.717) is 0 Å². The van der Waals surface area contributed by atoms with E-state index >= 15 is 0 Å². The maximum atomic E-state index is 14.0. The van der Waals surface area contributed by atoms with Crippen molar-refractivity contribution in [3.8, 4) is 0 Å². The van der Waals surface area contributed by atoms with Crippen molar-refractivity contribution in [2.75, 3.05) is 0 Å². The lowest BCUT2D eigenvalue weighted by atomic mass is 9.87. The van der Waals surface area contributed by atoms with Gasteiger partial charge < -0.3 is 30.3 Å². The van der Waals surface area contributed by atoms with Crippen LogP contribution in [0.5, 0.6) is 0 Å². The normalized spacial score (nSPS) is 27.2. The van der Waals surface area contributed by atoms with Crippen molar-refractivity contribution in [2.45, 2.75) is 90.7 Å². The summed E-state index contributed by atoms with van der Waals surface area (Å²) in [6.07, 6.45) is -25.0. The molecule has 1 aliphatic rings. The summed E-state index contributed by atoms with van der Waals surface area (Å²) in [5.74, 6) is -64.4. The Morgan fingerprint density at radius 2 is 1.05 bits per heavy atom. The van der Waals surface area contributed by atoms with Crippen LogP contribution in [0.15, 0.2) is 0 Å². The number of ether oxygens (including phenoxy) is 1. The highest BCUT2D eigenvalue weighted by atomic mass is 19.4. The highest BCUT2D eigenvalue weighted by Crippen LogP contribution is 2.64. The van der Waals surface area contributed by atoms with Crippen molar-refractivity contribution in [3.63, 3.8) is 0 Å². The molecule has 0 saturated carbocycles. The van der Waals surface area contributed by atoms with Gasteiger partial charge in [0.2, 0.25) is 0 Å². The molecule has 1 aliphatic heterocycles. The van der Waals surface area contributed by atoms with E-state index < -0.39 is 96.6 Å². The number of aliphatic hydroxyl groups is 4. The Kier molecular flexibility index (Phi) is 8.87. The summed E-state index contributed by atoms with van der Waals surface area (Å²) in [7, 11) is 0. The minimum absolute atomic E-state index is 2.30. The van der Waals surface area contributed by atoms with E-state index in [9.17, 15) is 99.9 Å². The first-order valence-electron chi connectivity index (χ1n) is 9.61. The molecule has 0 aromatic heterocycles. The molecule has 1 rings (SSSR count). The maximum absolute atomic E-state index is 14.0. The molecule has 0 amide bonds. The molecule has 0 unspecified atom stereocenters. The van der Waals surface area contributed by atoms with Crippen LogP contribution in [-0.4, -0.2) is 109 Å². The molecular formula is C16H13F17O7. The maximum Gasteiger partial charge on any atom is 0.460 e. The van der Waals surface area contributed by atoms with Crippen molar-refractivity contribution in [3.05, 3.63) is 0 Å². The molecule has 0 spiro atoms. The largest absolute Gasteiger partial charge is 0.479 e. The predicted molar refractivity (Wildman–Crippen MR) is 85.4 cm³/mol. The van der Waals surface area contributed by atoms with Crippen molar-refractivity contribution in [1.82, 2.24) is 0 Å². The lowest BCUT2D eigenvalue weighted by Gasteiger charge is -2.43. The Hall–Kier alpha value is -1.92. The summed E-state index contributed by atoms with van der Waals surface area (Å²) < 4.78 is 230. The number of aliphatic carboxylic acids is 1. The molecule has 0 bridgehead atoms. The van der Waals surface area contributed by atoms with E-state index in [0.717, 1.165) is 0 Å². The standard InChI is InChI=1S/C16H13F17O7/c17-9(18,2-1-8(39)6(36)3(34)5(40-8)4(35)7(37)38)10(19,20)11(21,22)12(23,24)13(25,26)14(27,28)15(29,30)16(31,32)33/h3-6,34-36,39H,1-2H2,(H,37,38)/t3-,4-,5-,6+,8+/m0/s1. The Morgan fingerprint density at radius 1 is 0.700 bits per heavy atom. The second-order valence-electron chi connectivity index (χ2n) is 8.29. The third-order valence-electron chi connectivity index (χ3n) is 5.61.